The van der Waals surface area contributed by atoms with Crippen LogP contribution in [0.4, 0.5) is 5.13 Å². The highest BCUT2D eigenvalue weighted by atomic mass is 32.2. The van der Waals surface area contributed by atoms with E-state index < -0.39 is 58.5 Å². The van der Waals surface area contributed by atoms with E-state index in [1.54, 1.807) is 0 Å². The Morgan fingerprint density at radius 1 is 1.39 bits per heavy atom. The topological polar surface area (TPSA) is 217 Å². The molecule has 1 saturated heterocycles. The second kappa shape index (κ2) is 9.67. The first kappa shape index (κ1) is 24.0. The summed E-state index contributed by atoms with van der Waals surface area (Å²) in [6, 6.07) is -3.74. The molecule has 170 valence electrons. The standard InChI is InChI=1S/C14H17N5O10S2/c1-3-28-7(20)4-29-13(23)10-9(12(22)19(10)31(24,25)26)17-11(21)8(18-27-2)6-5-30-14(15)16-6/h5,9-10H,3-4H2,1-2H3,(H2,15,16)(H,17,21)(H,24,25,26)/t9-,10-/m0/s1. The number of nitrogens with zero attached hydrogens (tertiary/aromatic N) is 3. The van der Waals surface area contributed by atoms with Gasteiger partial charge in [0.25, 0.3) is 11.8 Å². The van der Waals surface area contributed by atoms with Crippen molar-refractivity contribution in [1.29, 1.82) is 0 Å². The number of anilines is 1. The molecule has 1 aliphatic heterocycles. The number of ether oxygens (including phenoxy) is 2. The summed E-state index contributed by atoms with van der Waals surface area (Å²) in [6.07, 6.45) is 0. The van der Waals surface area contributed by atoms with Crippen LogP contribution in [0.15, 0.2) is 10.5 Å². The summed E-state index contributed by atoms with van der Waals surface area (Å²) < 4.78 is 41.1. The van der Waals surface area contributed by atoms with Gasteiger partial charge in [-0.15, -0.1) is 11.3 Å². The van der Waals surface area contributed by atoms with E-state index in [-0.39, 0.29) is 21.7 Å². The van der Waals surface area contributed by atoms with Crippen LogP contribution in [0.3, 0.4) is 0 Å². The molecule has 2 atom stereocenters. The minimum absolute atomic E-state index is 0.00311. The van der Waals surface area contributed by atoms with Gasteiger partial charge in [-0.3, -0.25) is 14.1 Å². The maximum absolute atomic E-state index is 12.6. The van der Waals surface area contributed by atoms with Gasteiger partial charge in [-0.2, -0.15) is 12.7 Å². The molecule has 0 spiro atoms. The van der Waals surface area contributed by atoms with E-state index in [1.165, 1.54) is 12.3 Å². The second-order valence-corrected chi connectivity index (χ2v) is 7.79. The Morgan fingerprint density at radius 2 is 2.06 bits per heavy atom. The lowest BCUT2D eigenvalue weighted by molar-refractivity contribution is -0.169. The number of thiazole rings is 1. The Morgan fingerprint density at radius 3 is 2.58 bits per heavy atom. The average molecular weight is 479 g/mol. The third-order valence-corrected chi connectivity index (χ3v) is 5.21. The summed E-state index contributed by atoms with van der Waals surface area (Å²) in [5.41, 5.74) is 5.07. The number of oxime groups is 1. The lowest BCUT2D eigenvalue weighted by Gasteiger charge is -2.42. The van der Waals surface area contributed by atoms with E-state index in [1.807, 2.05) is 0 Å². The lowest BCUT2D eigenvalue weighted by Crippen LogP contribution is -2.75. The van der Waals surface area contributed by atoms with Gasteiger partial charge in [0, 0.05) is 5.38 Å². The quantitative estimate of drug-likeness (QED) is 0.112. The molecule has 15 nitrogen and oxygen atoms in total. The summed E-state index contributed by atoms with van der Waals surface area (Å²) in [4.78, 5) is 56.8. The molecule has 2 heterocycles. The lowest BCUT2D eigenvalue weighted by atomic mass is 9.98. The van der Waals surface area contributed by atoms with Gasteiger partial charge >= 0.3 is 22.2 Å². The first-order valence-corrected chi connectivity index (χ1v) is 10.5. The van der Waals surface area contributed by atoms with Gasteiger partial charge in [0.2, 0.25) is 0 Å². The number of esters is 2. The van der Waals surface area contributed by atoms with Crippen LogP contribution in [0.2, 0.25) is 0 Å². The number of nitrogens with two attached hydrogens (primary N) is 1. The molecule has 0 saturated carbocycles. The summed E-state index contributed by atoms with van der Waals surface area (Å²) in [5.74, 6) is -4.72. The molecule has 4 N–H and O–H groups in total. The predicted molar refractivity (Wildman–Crippen MR) is 102 cm³/mol. The number of β-lactam (4-membered cyclic amide) rings is 1. The Labute approximate surface area is 179 Å². The second-order valence-electron chi connectivity index (χ2n) is 5.61. The summed E-state index contributed by atoms with van der Waals surface area (Å²) in [5, 5.41) is 7.05. The highest BCUT2D eigenvalue weighted by Crippen LogP contribution is 2.25. The smallest absolute Gasteiger partial charge is 0.363 e. The Kier molecular flexibility index (Phi) is 7.47. The minimum Gasteiger partial charge on any atom is -0.463 e. The van der Waals surface area contributed by atoms with Gasteiger partial charge in [0.1, 0.15) is 18.8 Å². The molecule has 0 bridgehead atoms. The van der Waals surface area contributed by atoms with Crippen molar-refractivity contribution < 1.29 is 46.5 Å². The van der Waals surface area contributed by atoms with Crippen LogP contribution in [0.1, 0.15) is 12.6 Å². The van der Waals surface area contributed by atoms with Gasteiger partial charge in [-0.05, 0) is 6.92 Å². The van der Waals surface area contributed by atoms with Crippen molar-refractivity contribution in [3.63, 3.8) is 0 Å². The molecule has 2 amide bonds. The van der Waals surface area contributed by atoms with Gasteiger partial charge in [-0.25, -0.2) is 14.6 Å². The number of nitrogens with one attached hydrogen (secondary N) is 1. The zero-order valence-corrected chi connectivity index (χ0v) is 17.6. The van der Waals surface area contributed by atoms with Gasteiger partial charge in [0.15, 0.2) is 23.5 Å². The molecule has 1 fully saturated rings. The fraction of sp³-hybridized carbons (Fsp3) is 0.429. The summed E-state index contributed by atoms with van der Waals surface area (Å²) in [7, 11) is -4.04. The monoisotopic (exact) mass is 479 g/mol. The van der Waals surface area contributed by atoms with E-state index in [4.69, 9.17) is 5.73 Å². The van der Waals surface area contributed by atoms with E-state index in [0.29, 0.717) is 0 Å². The van der Waals surface area contributed by atoms with Crippen LogP contribution in [0, 0.1) is 0 Å². The zero-order chi connectivity index (χ0) is 23.3. The molecule has 31 heavy (non-hydrogen) atoms. The predicted octanol–water partition coefficient (Wildman–Crippen LogP) is -2.32. The maximum Gasteiger partial charge on any atom is 0.363 e. The Bertz CT molecular complexity index is 1020. The number of carbonyl (C=O) groups is 4. The number of hydrogen-bond donors (Lipinski definition) is 3. The van der Waals surface area contributed by atoms with E-state index in [9.17, 15) is 32.1 Å². The van der Waals surface area contributed by atoms with Crippen LogP contribution >= 0.6 is 11.3 Å². The molecule has 1 aliphatic rings. The molecular formula is C14H17N5O10S2. The van der Waals surface area contributed by atoms with E-state index in [2.05, 4.69) is 29.8 Å². The summed E-state index contributed by atoms with van der Waals surface area (Å²) in [6.45, 7) is 0.619. The molecule has 0 aliphatic carbocycles. The molecular weight excluding hydrogens is 462 g/mol. The largest absolute Gasteiger partial charge is 0.463 e. The van der Waals surface area contributed by atoms with E-state index >= 15 is 0 Å². The maximum atomic E-state index is 12.6. The van der Waals surface area contributed by atoms with Crippen LogP contribution < -0.4 is 11.1 Å². The summed E-state index contributed by atoms with van der Waals surface area (Å²) >= 11 is 0.982. The van der Waals surface area contributed by atoms with Gasteiger partial charge in [-0.1, -0.05) is 5.16 Å². The normalized spacial score (nSPS) is 18.7. The number of amides is 2. The third-order valence-electron chi connectivity index (χ3n) is 3.63. The number of hydrogen-bond acceptors (Lipinski definition) is 13. The van der Waals surface area contributed by atoms with Crippen LogP contribution in [-0.4, -0.2) is 84.1 Å². The highest BCUT2D eigenvalue weighted by Gasteiger charge is 2.59. The van der Waals surface area contributed by atoms with Crippen molar-refractivity contribution in [1.82, 2.24) is 14.6 Å². The number of nitrogen functional groups attached to an aromatic ring is 1. The van der Waals surface area contributed by atoms with Crippen LogP contribution in [0.25, 0.3) is 0 Å². The van der Waals surface area contributed by atoms with Crippen molar-refractivity contribution in [3.05, 3.63) is 11.1 Å². The van der Waals surface area contributed by atoms with E-state index in [0.717, 1.165) is 18.4 Å². The first-order chi connectivity index (χ1) is 14.5. The fourth-order valence-electron chi connectivity index (χ4n) is 2.41. The molecule has 1 aromatic rings. The SMILES string of the molecule is CCOC(=O)COC(=O)[C@@H]1[C@H](NC(=O)C(=NOC)c2csc(N)n2)C(=O)N1S(=O)(=O)O. The average Bonchev–Trinajstić information content (AvgIpc) is 3.11. The number of aromatic nitrogens is 1. The zero-order valence-electron chi connectivity index (χ0n) is 16.0. The highest BCUT2D eigenvalue weighted by molar-refractivity contribution is 7.84. The third kappa shape index (κ3) is 5.44. The van der Waals surface area contributed by atoms with Crippen molar-refractivity contribution in [2.75, 3.05) is 26.1 Å². The van der Waals surface area contributed by atoms with Crippen molar-refractivity contribution in [3.8, 4) is 0 Å². The molecule has 0 aromatic carbocycles. The number of carbonyl (C=O) groups excluding carboxylic acids is 4. The Balaban J connectivity index is 2.22. The molecule has 0 radical (unpaired) electrons. The van der Waals surface area contributed by atoms with Gasteiger partial charge in [0.05, 0.1) is 6.61 Å². The van der Waals surface area contributed by atoms with Crippen molar-refractivity contribution >= 4 is 56.2 Å². The minimum atomic E-state index is -5.17. The van der Waals surface area contributed by atoms with Crippen molar-refractivity contribution in [2.45, 2.75) is 19.0 Å². The molecule has 1 aromatic heterocycles. The van der Waals surface area contributed by atoms with Crippen LogP contribution in [-0.2, 0) is 43.8 Å². The number of rotatable bonds is 9. The van der Waals surface area contributed by atoms with Gasteiger partial charge < -0.3 is 25.4 Å². The molecule has 2 rings (SSSR count). The Hall–Kier alpha value is -3.31. The van der Waals surface area contributed by atoms with Crippen LogP contribution in [0.5, 0.6) is 0 Å². The van der Waals surface area contributed by atoms with Crippen molar-refractivity contribution in [2.24, 2.45) is 5.16 Å². The molecule has 17 heteroatoms. The fourth-order valence-corrected chi connectivity index (χ4v) is 3.80. The molecule has 0 unspecified atom stereocenters. The first-order valence-electron chi connectivity index (χ1n) is 8.27.